The van der Waals surface area contributed by atoms with Gasteiger partial charge in [-0.15, -0.1) is 0 Å². The molecule has 1 aromatic heterocycles. The molecule has 0 radical (unpaired) electrons. The van der Waals surface area contributed by atoms with Gasteiger partial charge in [-0.05, 0) is 22.0 Å². The zero-order chi connectivity index (χ0) is 15.4. The van der Waals surface area contributed by atoms with E-state index in [1.54, 1.807) is 12.3 Å². The third kappa shape index (κ3) is 4.40. The molecule has 1 saturated heterocycles. The van der Waals surface area contributed by atoms with Crippen molar-refractivity contribution in [3.05, 3.63) is 33.2 Å². The van der Waals surface area contributed by atoms with Gasteiger partial charge in [0, 0.05) is 29.8 Å². The van der Waals surface area contributed by atoms with Crippen LogP contribution in [-0.4, -0.2) is 52.3 Å². The van der Waals surface area contributed by atoms with Gasteiger partial charge in [0.25, 0.3) is 5.56 Å². The fourth-order valence-corrected chi connectivity index (χ4v) is 2.51. The molecule has 114 valence electrons. The summed E-state index contributed by atoms with van der Waals surface area (Å²) < 4.78 is 7.33. The number of halogens is 1. The lowest BCUT2D eigenvalue weighted by molar-refractivity contribution is -0.148. The Morgan fingerprint density at radius 2 is 2.19 bits per heavy atom. The number of carbonyl (C=O) groups excluding carboxylic acids is 1. The highest BCUT2D eigenvalue weighted by atomic mass is 79.9. The maximum Gasteiger partial charge on any atom is 0.306 e. The molecule has 0 aromatic carbocycles. The number of morpholine rings is 1. The summed E-state index contributed by atoms with van der Waals surface area (Å²) in [5.74, 6) is -1.19. The molecule has 0 spiro atoms. The topological polar surface area (TPSA) is 88.8 Å². The van der Waals surface area contributed by atoms with Crippen LogP contribution in [0.15, 0.2) is 27.6 Å². The van der Waals surface area contributed by atoms with Gasteiger partial charge in [-0.3, -0.25) is 14.4 Å². The van der Waals surface area contributed by atoms with E-state index in [9.17, 15) is 14.4 Å². The SMILES string of the molecule is O=C(O)C[C@H]1CN(C(=O)Cn2cc(Br)ccc2=O)CCO1. The van der Waals surface area contributed by atoms with E-state index in [4.69, 9.17) is 9.84 Å². The fraction of sp³-hybridized carbons (Fsp3) is 0.462. The van der Waals surface area contributed by atoms with Gasteiger partial charge in [-0.1, -0.05) is 0 Å². The molecule has 0 saturated carbocycles. The van der Waals surface area contributed by atoms with Gasteiger partial charge < -0.3 is 19.3 Å². The van der Waals surface area contributed by atoms with E-state index >= 15 is 0 Å². The third-order valence-electron chi connectivity index (χ3n) is 3.15. The van der Waals surface area contributed by atoms with E-state index in [2.05, 4.69) is 15.9 Å². The third-order valence-corrected chi connectivity index (χ3v) is 3.62. The molecular weight excluding hydrogens is 344 g/mol. The molecule has 2 rings (SSSR count). The van der Waals surface area contributed by atoms with E-state index in [1.807, 2.05) is 0 Å². The lowest BCUT2D eigenvalue weighted by Gasteiger charge is -2.32. The molecule has 0 aliphatic carbocycles. The first kappa shape index (κ1) is 15.7. The van der Waals surface area contributed by atoms with Crippen LogP contribution in [0.3, 0.4) is 0 Å². The van der Waals surface area contributed by atoms with Crippen molar-refractivity contribution < 1.29 is 19.4 Å². The molecule has 1 atom stereocenters. The van der Waals surface area contributed by atoms with E-state index in [1.165, 1.54) is 15.5 Å². The lowest BCUT2D eigenvalue weighted by atomic mass is 10.2. The number of hydrogen-bond acceptors (Lipinski definition) is 4. The second kappa shape index (κ2) is 6.86. The predicted molar refractivity (Wildman–Crippen MR) is 77.0 cm³/mol. The molecule has 1 aliphatic rings. The van der Waals surface area contributed by atoms with Crippen molar-refractivity contribution in [3.8, 4) is 0 Å². The summed E-state index contributed by atoms with van der Waals surface area (Å²) >= 11 is 3.25. The molecular formula is C13H15BrN2O5. The van der Waals surface area contributed by atoms with E-state index in [0.29, 0.717) is 17.6 Å². The Bertz CT molecular complexity index is 600. The molecule has 8 heteroatoms. The minimum Gasteiger partial charge on any atom is -0.481 e. The summed E-state index contributed by atoms with van der Waals surface area (Å²) in [4.78, 5) is 36.1. The minimum absolute atomic E-state index is 0.0714. The van der Waals surface area contributed by atoms with Crippen LogP contribution in [0.4, 0.5) is 0 Å². The van der Waals surface area contributed by atoms with Crippen molar-refractivity contribution in [3.63, 3.8) is 0 Å². The van der Waals surface area contributed by atoms with Crippen LogP contribution in [0.25, 0.3) is 0 Å². The maximum atomic E-state index is 12.2. The smallest absolute Gasteiger partial charge is 0.306 e. The Balaban J connectivity index is 2.01. The van der Waals surface area contributed by atoms with Crippen LogP contribution in [0.5, 0.6) is 0 Å². The number of amides is 1. The Morgan fingerprint density at radius 1 is 1.43 bits per heavy atom. The number of hydrogen-bond donors (Lipinski definition) is 1. The van der Waals surface area contributed by atoms with Gasteiger partial charge >= 0.3 is 5.97 Å². The standard InChI is InChI=1S/C13H15BrN2O5/c14-9-1-2-11(17)16(6-9)8-12(18)15-3-4-21-10(7-15)5-13(19)20/h1-2,6,10H,3-5,7-8H2,(H,19,20)/t10-/m0/s1. The van der Waals surface area contributed by atoms with Crippen LogP contribution >= 0.6 is 15.9 Å². The number of ether oxygens (including phenoxy) is 1. The van der Waals surface area contributed by atoms with Gasteiger partial charge in [0.15, 0.2) is 0 Å². The number of carboxylic acids is 1. The largest absolute Gasteiger partial charge is 0.481 e. The Kier molecular flexibility index (Phi) is 5.13. The Labute approximate surface area is 129 Å². The van der Waals surface area contributed by atoms with Crippen molar-refractivity contribution >= 4 is 27.8 Å². The highest BCUT2D eigenvalue weighted by molar-refractivity contribution is 9.10. The molecule has 0 bridgehead atoms. The summed E-state index contributed by atoms with van der Waals surface area (Å²) in [6.07, 6.45) is 0.912. The second-order valence-electron chi connectivity index (χ2n) is 4.74. The van der Waals surface area contributed by atoms with Crippen LogP contribution in [0.1, 0.15) is 6.42 Å². The number of pyridine rings is 1. The highest BCUT2D eigenvalue weighted by Crippen LogP contribution is 2.10. The van der Waals surface area contributed by atoms with Gasteiger partial charge in [0.1, 0.15) is 6.54 Å². The normalized spacial score (nSPS) is 18.5. The summed E-state index contributed by atoms with van der Waals surface area (Å²) in [5.41, 5.74) is -0.262. The predicted octanol–water partition coefficient (Wildman–Crippen LogP) is 0.313. The molecule has 1 fully saturated rings. The Morgan fingerprint density at radius 3 is 2.90 bits per heavy atom. The Hall–Kier alpha value is -1.67. The first-order valence-corrected chi connectivity index (χ1v) is 7.22. The van der Waals surface area contributed by atoms with Gasteiger partial charge in [0.2, 0.25) is 5.91 Å². The quantitative estimate of drug-likeness (QED) is 0.836. The number of nitrogens with zero attached hydrogens (tertiary/aromatic N) is 2. The van der Waals surface area contributed by atoms with Crippen molar-refractivity contribution in [2.45, 2.75) is 19.1 Å². The zero-order valence-electron chi connectivity index (χ0n) is 11.2. The van der Waals surface area contributed by atoms with Crippen molar-refractivity contribution in [1.29, 1.82) is 0 Å². The zero-order valence-corrected chi connectivity index (χ0v) is 12.8. The fourth-order valence-electron chi connectivity index (χ4n) is 2.14. The first-order valence-electron chi connectivity index (χ1n) is 6.43. The molecule has 7 nitrogen and oxygen atoms in total. The van der Waals surface area contributed by atoms with Gasteiger partial charge in [-0.25, -0.2) is 0 Å². The maximum absolute atomic E-state index is 12.2. The van der Waals surface area contributed by atoms with Crippen molar-refractivity contribution in [2.24, 2.45) is 0 Å². The molecule has 1 aromatic rings. The number of carboxylic acid groups (broad SMARTS) is 1. The van der Waals surface area contributed by atoms with Gasteiger partial charge in [-0.2, -0.15) is 0 Å². The number of aliphatic carboxylic acids is 1. The van der Waals surface area contributed by atoms with E-state index < -0.39 is 12.1 Å². The van der Waals surface area contributed by atoms with Crippen LogP contribution in [0, 0.1) is 0 Å². The molecule has 21 heavy (non-hydrogen) atoms. The number of carbonyl (C=O) groups is 2. The molecule has 2 heterocycles. The van der Waals surface area contributed by atoms with E-state index in [0.717, 1.165) is 0 Å². The minimum atomic E-state index is -0.961. The summed E-state index contributed by atoms with van der Waals surface area (Å²) in [6, 6.07) is 2.99. The van der Waals surface area contributed by atoms with E-state index in [-0.39, 0.29) is 31.0 Å². The van der Waals surface area contributed by atoms with Crippen LogP contribution in [-0.2, 0) is 20.9 Å². The summed E-state index contributed by atoms with van der Waals surface area (Å²) in [5, 5.41) is 8.76. The summed E-state index contributed by atoms with van der Waals surface area (Å²) in [6.45, 7) is 0.862. The second-order valence-corrected chi connectivity index (χ2v) is 5.66. The number of aromatic nitrogens is 1. The molecule has 1 N–H and O–H groups in total. The van der Waals surface area contributed by atoms with Crippen molar-refractivity contribution in [2.75, 3.05) is 19.7 Å². The summed E-state index contributed by atoms with van der Waals surface area (Å²) in [7, 11) is 0. The molecule has 0 unspecified atom stereocenters. The lowest BCUT2D eigenvalue weighted by Crippen LogP contribution is -2.47. The first-order chi connectivity index (χ1) is 9.95. The van der Waals surface area contributed by atoms with Crippen LogP contribution in [0.2, 0.25) is 0 Å². The van der Waals surface area contributed by atoms with Gasteiger partial charge in [0.05, 0.1) is 19.1 Å². The molecule has 1 aliphatic heterocycles. The highest BCUT2D eigenvalue weighted by Gasteiger charge is 2.26. The molecule has 1 amide bonds. The average molecular weight is 359 g/mol. The number of rotatable bonds is 4. The monoisotopic (exact) mass is 358 g/mol. The average Bonchev–Trinajstić information content (AvgIpc) is 2.42. The van der Waals surface area contributed by atoms with Crippen molar-refractivity contribution in [1.82, 2.24) is 9.47 Å². The van der Waals surface area contributed by atoms with Crippen LogP contribution < -0.4 is 5.56 Å².